The number of carboxylic acid groups (broad SMARTS) is 1. The highest BCUT2D eigenvalue weighted by molar-refractivity contribution is 5.78. The second-order valence-corrected chi connectivity index (χ2v) is 5.32. The van der Waals surface area contributed by atoms with Gasteiger partial charge < -0.3 is 20.1 Å². The van der Waals surface area contributed by atoms with Crippen molar-refractivity contribution in [1.29, 1.82) is 0 Å². The minimum atomic E-state index is -0.829. The van der Waals surface area contributed by atoms with E-state index in [-0.39, 0.29) is 12.6 Å². The molecular weight excluding hydrogens is 248 g/mol. The van der Waals surface area contributed by atoms with E-state index in [1.54, 1.807) is 18.9 Å². The molecule has 0 bridgehead atoms. The first-order chi connectivity index (χ1) is 8.99. The van der Waals surface area contributed by atoms with E-state index in [1.807, 2.05) is 0 Å². The summed E-state index contributed by atoms with van der Waals surface area (Å²) in [4.78, 5) is 24.7. The molecule has 110 valence electrons. The second kappa shape index (κ2) is 7.33. The molecule has 1 heterocycles. The van der Waals surface area contributed by atoms with Crippen molar-refractivity contribution in [2.75, 3.05) is 33.4 Å². The van der Waals surface area contributed by atoms with Crippen LogP contribution < -0.4 is 5.32 Å². The summed E-state index contributed by atoms with van der Waals surface area (Å²) in [6, 6.07) is -0.162. The van der Waals surface area contributed by atoms with Gasteiger partial charge in [0, 0.05) is 33.4 Å². The van der Waals surface area contributed by atoms with Crippen LogP contribution in [0.3, 0.4) is 0 Å². The molecule has 0 aliphatic carbocycles. The summed E-state index contributed by atoms with van der Waals surface area (Å²) in [6.07, 6.45) is 3.13. The molecule has 6 nitrogen and oxygen atoms in total. The van der Waals surface area contributed by atoms with Gasteiger partial charge in [0.25, 0.3) is 0 Å². The summed E-state index contributed by atoms with van der Waals surface area (Å²) >= 11 is 0. The van der Waals surface area contributed by atoms with Crippen LogP contribution in [0.2, 0.25) is 0 Å². The molecule has 2 N–H and O–H groups in total. The lowest BCUT2D eigenvalue weighted by atomic mass is 9.82. The lowest BCUT2D eigenvalue weighted by molar-refractivity contribution is -0.150. The molecule has 0 aromatic carbocycles. The van der Waals surface area contributed by atoms with Crippen LogP contribution in [0.15, 0.2) is 0 Å². The van der Waals surface area contributed by atoms with Crippen LogP contribution in [0.1, 0.15) is 32.6 Å². The minimum Gasteiger partial charge on any atom is -0.481 e. The van der Waals surface area contributed by atoms with Crippen molar-refractivity contribution in [3.63, 3.8) is 0 Å². The van der Waals surface area contributed by atoms with Crippen molar-refractivity contribution in [2.24, 2.45) is 5.41 Å². The highest BCUT2D eigenvalue weighted by Gasteiger charge is 2.39. The number of piperidine rings is 1. The summed E-state index contributed by atoms with van der Waals surface area (Å²) in [7, 11) is 1.65. The van der Waals surface area contributed by atoms with E-state index in [4.69, 9.17) is 4.74 Å². The van der Waals surface area contributed by atoms with Gasteiger partial charge in [-0.1, -0.05) is 0 Å². The molecular formula is C13H24N2O4. The van der Waals surface area contributed by atoms with Gasteiger partial charge in [0.2, 0.25) is 0 Å². The molecule has 1 saturated heterocycles. The molecule has 1 aliphatic heterocycles. The number of aliphatic carboxylic acids is 1. The molecule has 1 aliphatic rings. The van der Waals surface area contributed by atoms with E-state index in [2.05, 4.69) is 5.32 Å². The third-order valence-electron chi connectivity index (χ3n) is 3.55. The van der Waals surface area contributed by atoms with Crippen LogP contribution in [0.25, 0.3) is 0 Å². The van der Waals surface area contributed by atoms with E-state index < -0.39 is 11.4 Å². The summed E-state index contributed by atoms with van der Waals surface area (Å²) in [6.45, 7) is 3.91. The van der Waals surface area contributed by atoms with E-state index in [0.717, 1.165) is 19.3 Å². The van der Waals surface area contributed by atoms with Gasteiger partial charge in [0.1, 0.15) is 0 Å². The Hall–Kier alpha value is -1.30. The molecule has 1 atom stereocenters. The van der Waals surface area contributed by atoms with Crippen LogP contribution in [0.5, 0.6) is 0 Å². The Bertz CT molecular complexity index is 322. The summed E-state index contributed by atoms with van der Waals surface area (Å²) in [5, 5.41) is 12.0. The normalized spacial score (nSPS) is 23.2. The third kappa shape index (κ3) is 4.70. The van der Waals surface area contributed by atoms with Crippen molar-refractivity contribution in [1.82, 2.24) is 10.2 Å². The summed E-state index contributed by atoms with van der Waals surface area (Å²) in [5.74, 6) is -0.829. The van der Waals surface area contributed by atoms with Gasteiger partial charge in [-0.2, -0.15) is 0 Å². The van der Waals surface area contributed by atoms with Gasteiger partial charge in [-0.25, -0.2) is 4.79 Å². The van der Waals surface area contributed by atoms with Crippen LogP contribution in [0, 0.1) is 5.41 Å². The number of ether oxygens (including phenoxy) is 1. The van der Waals surface area contributed by atoms with E-state index in [1.165, 1.54) is 0 Å². The number of carbonyl (C=O) groups is 2. The highest BCUT2D eigenvalue weighted by Crippen LogP contribution is 2.29. The average molecular weight is 272 g/mol. The Morgan fingerprint density at radius 2 is 2.16 bits per heavy atom. The maximum Gasteiger partial charge on any atom is 0.317 e. The Labute approximate surface area is 114 Å². The van der Waals surface area contributed by atoms with E-state index in [0.29, 0.717) is 26.1 Å². The number of nitrogens with one attached hydrogen (secondary N) is 1. The Morgan fingerprint density at radius 1 is 1.42 bits per heavy atom. The Balaban J connectivity index is 2.34. The number of rotatable bonds is 6. The zero-order valence-corrected chi connectivity index (χ0v) is 11.8. The molecule has 1 rings (SSSR count). The first-order valence-electron chi connectivity index (χ1n) is 6.75. The third-order valence-corrected chi connectivity index (χ3v) is 3.55. The number of carbonyl (C=O) groups excluding carboxylic acids is 1. The highest BCUT2D eigenvalue weighted by atomic mass is 16.5. The van der Waals surface area contributed by atoms with Crippen molar-refractivity contribution in [2.45, 2.75) is 32.6 Å². The molecule has 0 aromatic rings. The smallest absolute Gasteiger partial charge is 0.317 e. The number of hydrogen-bond acceptors (Lipinski definition) is 3. The van der Waals surface area contributed by atoms with Crippen LogP contribution in [-0.2, 0) is 9.53 Å². The van der Waals surface area contributed by atoms with E-state index in [9.17, 15) is 14.7 Å². The Kier molecular flexibility index (Phi) is 6.08. The number of carboxylic acids is 1. The van der Waals surface area contributed by atoms with Gasteiger partial charge in [-0.05, 0) is 32.6 Å². The first-order valence-corrected chi connectivity index (χ1v) is 6.75. The minimum absolute atomic E-state index is 0.162. The van der Waals surface area contributed by atoms with Gasteiger partial charge in [0.15, 0.2) is 0 Å². The Morgan fingerprint density at radius 3 is 2.79 bits per heavy atom. The molecule has 1 unspecified atom stereocenters. The fourth-order valence-corrected chi connectivity index (χ4v) is 2.27. The number of methoxy groups -OCH3 is 1. The SMILES string of the molecule is COCCCCNC(=O)N1CCCC(C)(C(=O)O)C1. The number of amides is 2. The topological polar surface area (TPSA) is 78.9 Å². The zero-order valence-electron chi connectivity index (χ0n) is 11.8. The van der Waals surface area contributed by atoms with Crippen molar-refractivity contribution < 1.29 is 19.4 Å². The summed E-state index contributed by atoms with van der Waals surface area (Å²) in [5.41, 5.74) is -0.814. The number of hydrogen-bond donors (Lipinski definition) is 2. The molecule has 0 saturated carbocycles. The molecule has 19 heavy (non-hydrogen) atoms. The fourth-order valence-electron chi connectivity index (χ4n) is 2.27. The molecule has 6 heteroatoms. The molecule has 0 radical (unpaired) electrons. The predicted octanol–water partition coefficient (Wildman–Crippen LogP) is 1.31. The predicted molar refractivity (Wildman–Crippen MR) is 71.1 cm³/mol. The maximum absolute atomic E-state index is 11.9. The van der Waals surface area contributed by atoms with Crippen LogP contribution in [-0.4, -0.2) is 55.4 Å². The van der Waals surface area contributed by atoms with Crippen LogP contribution >= 0.6 is 0 Å². The number of likely N-dealkylation sites (tertiary alicyclic amines) is 1. The molecule has 0 spiro atoms. The number of nitrogens with zero attached hydrogens (tertiary/aromatic N) is 1. The van der Waals surface area contributed by atoms with Gasteiger partial charge in [-0.3, -0.25) is 4.79 Å². The zero-order chi connectivity index (χ0) is 14.3. The van der Waals surface area contributed by atoms with Gasteiger partial charge in [-0.15, -0.1) is 0 Å². The monoisotopic (exact) mass is 272 g/mol. The lowest BCUT2D eigenvalue weighted by Crippen LogP contribution is -2.51. The average Bonchev–Trinajstić information content (AvgIpc) is 2.38. The largest absolute Gasteiger partial charge is 0.481 e. The number of unbranched alkanes of at least 4 members (excludes halogenated alkanes) is 1. The summed E-state index contributed by atoms with van der Waals surface area (Å²) < 4.78 is 4.93. The number of urea groups is 1. The first kappa shape index (κ1) is 15.8. The molecule has 0 aromatic heterocycles. The van der Waals surface area contributed by atoms with Gasteiger partial charge in [0.05, 0.1) is 5.41 Å². The van der Waals surface area contributed by atoms with E-state index >= 15 is 0 Å². The molecule has 1 fully saturated rings. The van der Waals surface area contributed by atoms with Crippen molar-refractivity contribution in [3.8, 4) is 0 Å². The standard InChI is InChI=1S/C13H24N2O4/c1-13(11(16)17)6-5-8-15(10-13)12(18)14-7-3-4-9-19-2/h3-10H2,1-2H3,(H,14,18)(H,16,17). The fraction of sp³-hybridized carbons (Fsp3) is 0.846. The quantitative estimate of drug-likeness (QED) is 0.715. The van der Waals surface area contributed by atoms with Gasteiger partial charge >= 0.3 is 12.0 Å². The molecule has 2 amide bonds. The second-order valence-electron chi connectivity index (χ2n) is 5.32. The maximum atomic E-state index is 11.9. The van der Waals surface area contributed by atoms with Crippen LogP contribution in [0.4, 0.5) is 4.79 Å². The van der Waals surface area contributed by atoms with Crippen molar-refractivity contribution in [3.05, 3.63) is 0 Å². The van der Waals surface area contributed by atoms with Crippen molar-refractivity contribution >= 4 is 12.0 Å². The lowest BCUT2D eigenvalue weighted by Gasteiger charge is -2.37.